The average Bonchev–Trinajstić information content (AvgIpc) is 2.84. The SMILES string of the molecule is CCOCCCNc1nccn1C(C)CCOC. The molecule has 0 saturated heterocycles. The molecule has 104 valence electrons. The van der Waals surface area contributed by atoms with Crippen molar-refractivity contribution in [3.8, 4) is 0 Å². The Morgan fingerprint density at radius 2 is 2.28 bits per heavy atom. The summed E-state index contributed by atoms with van der Waals surface area (Å²) >= 11 is 0. The van der Waals surface area contributed by atoms with Crippen molar-refractivity contribution in [1.29, 1.82) is 0 Å². The van der Waals surface area contributed by atoms with Crippen LogP contribution in [0.4, 0.5) is 5.95 Å². The highest BCUT2D eigenvalue weighted by atomic mass is 16.5. The van der Waals surface area contributed by atoms with Gasteiger partial charge in [0.15, 0.2) is 0 Å². The Hall–Kier alpha value is -1.07. The van der Waals surface area contributed by atoms with Gasteiger partial charge in [-0.2, -0.15) is 0 Å². The summed E-state index contributed by atoms with van der Waals surface area (Å²) in [4.78, 5) is 4.33. The number of hydrogen-bond donors (Lipinski definition) is 1. The van der Waals surface area contributed by atoms with Crippen molar-refractivity contribution in [2.24, 2.45) is 0 Å². The molecule has 0 radical (unpaired) electrons. The number of nitrogens with one attached hydrogen (secondary N) is 1. The second kappa shape index (κ2) is 8.94. The molecule has 0 aromatic carbocycles. The van der Waals surface area contributed by atoms with E-state index in [0.29, 0.717) is 6.04 Å². The molecule has 5 nitrogen and oxygen atoms in total. The normalized spacial score (nSPS) is 12.6. The van der Waals surface area contributed by atoms with Gasteiger partial charge in [-0.3, -0.25) is 0 Å². The van der Waals surface area contributed by atoms with E-state index < -0.39 is 0 Å². The van der Waals surface area contributed by atoms with Gasteiger partial charge in [0.05, 0.1) is 0 Å². The van der Waals surface area contributed by atoms with Gasteiger partial charge in [-0.1, -0.05) is 0 Å². The van der Waals surface area contributed by atoms with Gasteiger partial charge in [-0.15, -0.1) is 0 Å². The van der Waals surface area contributed by atoms with Gasteiger partial charge in [-0.05, 0) is 26.7 Å². The van der Waals surface area contributed by atoms with Gasteiger partial charge in [0.1, 0.15) is 0 Å². The molecule has 0 spiro atoms. The van der Waals surface area contributed by atoms with Crippen molar-refractivity contribution in [2.75, 3.05) is 38.8 Å². The Morgan fingerprint density at radius 1 is 1.44 bits per heavy atom. The second-order valence-corrected chi connectivity index (χ2v) is 4.27. The molecular weight excluding hydrogens is 230 g/mol. The summed E-state index contributed by atoms with van der Waals surface area (Å²) in [6.07, 6.45) is 5.81. The predicted octanol–water partition coefficient (Wildman–Crippen LogP) is 2.32. The van der Waals surface area contributed by atoms with E-state index in [9.17, 15) is 0 Å². The first kappa shape index (κ1) is 15.0. The molecule has 1 N–H and O–H groups in total. The fraction of sp³-hybridized carbons (Fsp3) is 0.769. The van der Waals surface area contributed by atoms with E-state index in [4.69, 9.17) is 9.47 Å². The topological polar surface area (TPSA) is 48.3 Å². The smallest absolute Gasteiger partial charge is 0.203 e. The molecule has 0 bridgehead atoms. The van der Waals surface area contributed by atoms with Crippen LogP contribution in [0.3, 0.4) is 0 Å². The van der Waals surface area contributed by atoms with Crippen LogP contribution in [0.25, 0.3) is 0 Å². The van der Waals surface area contributed by atoms with Gasteiger partial charge < -0.3 is 19.4 Å². The molecule has 1 aromatic rings. The van der Waals surface area contributed by atoms with Crippen molar-refractivity contribution in [2.45, 2.75) is 32.7 Å². The molecule has 0 aliphatic heterocycles. The molecule has 1 aromatic heterocycles. The third-order valence-corrected chi connectivity index (χ3v) is 2.84. The van der Waals surface area contributed by atoms with Crippen LogP contribution in [-0.4, -0.2) is 43.0 Å². The van der Waals surface area contributed by atoms with Gasteiger partial charge >= 0.3 is 0 Å². The van der Waals surface area contributed by atoms with Crippen molar-refractivity contribution < 1.29 is 9.47 Å². The van der Waals surface area contributed by atoms with E-state index in [1.807, 2.05) is 19.3 Å². The van der Waals surface area contributed by atoms with Crippen LogP contribution in [0.5, 0.6) is 0 Å². The molecule has 0 amide bonds. The molecule has 0 fully saturated rings. The van der Waals surface area contributed by atoms with Crippen LogP contribution in [0, 0.1) is 0 Å². The van der Waals surface area contributed by atoms with Gasteiger partial charge in [0.25, 0.3) is 0 Å². The van der Waals surface area contributed by atoms with E-state index >= 15 is 0 Å². The average molecular weight is 255 g/mol. The Labute approximate surface area is 109 Å². The summed E-state index contributed by atoms with van der Waals surface area (Å²) in [5.74, 6) is 0.926. The highest BCUT2D eigenvalue weighted by Gasteiger charge is 2.09. The van der Waals surface area contributed by atoms with Crippen molar-refractivity contribution >= 4 is 5.95 Å². The van der Waals surface area contributed by atoms with Crippen molar-refractivity contribution in [3.05, 3.63) is 12.4 Å². The van der Waals surface area contributed by atoms with E-state index in [0.717, 1.165) is 45.2 Å². The summed E-state index contributed by atoms with van der Waals surface area (Å²) in [6, 6.07) is 0.391. The van der Waals surface area contributed by atoms with E-state index in [1.165, 1.54) is 0 Å². The quantitative estimate of drug-likeness (QED) is 0.652. The number of methoxy groups -OCH3 is 1. The molecule has 18 heavy (non-hydrogen) atoms. The van der Waals surface area contributed by atoms with Gasteiger partial charge in [0.2, 0.25) is 5.95 Å². The number of ether oxygens (including phenoxy) is 2. The first-order valence-electron chi connectivity index (χ1n) is 6.63. The fourth-order valence-electron chi connectivity index (χ4n) is 1.75. The molecule has 1 atom stereocenters. The van der Waals surface area contributed by atoms with E-state index in [1.54, 1.807) is 7.11 Å². The molecule has 0 saturated carbocycles. The zero-order valence-corrected chi connectivity index (χ0v) is 11.7. The minimum absolute atomic E-state index is 0.391. The largest absolute Gasteiger partial charge is 0.385 e. The fourth-order valence-corrected chi connectivity index (χ4v) is 1.75. The number of imidazole rings is 1. The van der Waals surface area contributed by atoms with Crippen LogP contribution in [0.15, 0.2) is 12.4 Å². The Bertz CT molecular complexity index is 315. The third kappa shape index (κ3) is 5.06. The zero-order chi connectivity index (χ0) is 13.2. The monoisotopic (exact) mass is 255 g/mol. The highest BCUT2D eigenvalue weighted by Crippen LogP contribution is 2.16. The number of aromatic nitrogens is 2. The number of hydrogen-bond acceptors (Lipinski definition) is 4. The minimum atomic E-state index is 0.391. The Morgan fingerprint density at radius 3 is 3.00 bits per heavy atom. The lowest BCUT2D eigenvalue weighted by atomic mass is 10.2. The Balaban J connectivity index is 2.34. The second-order valence-electron chi connectivity index (χ2n) is 4.27. The summed E-state index contributed by atoms with van der Waals surface area (Å²) in [6.45, 7) is 7.41. The van der Waals surface area contributed by atoms with Crippen molar-refractivity contribution in [1.82, 2.24) is 9.55 Å². The number of rotatable bonds is 10. The highest BCUT2D eigenvalue weighted by molar-refractivity contribution is 5.26. The Kier molecular flexibility index (Phi) is 7.44. The first-order chi connectivity index (χ1) is 8.79. The predicted molar refractivity (Wildman–Crippen MR) is 73.0 cm³/mol. The lowest BCUT2D eigenvalue weighted by Gasteiger charge is -2.16. The van der Waals surface area contributed by atoms with Crippen LogP contribution in [-0.2, 0) is 9.47 Å². The zero-order valence-electron chi connectivity index (χ0n) is 11.7. The molecule has 5 heteroatoms. The van der Waals surface area contributed by atoms with Crippen LogP contribution >= 0.6 is 0 Å². The lowest BCUT2D eigenvalue weighted by molar-refractivity contribution is 0.147. The summed E-state index contributed by atoms with van der Waals surface area (Å²) in [5, 5.41) is 3.34. The molecule has 1 rings (SSSR count). The minimum Gasteiger partial charge on any atom is -0.385 e. The summed E-state index contributed by atoms with van der Waals surface area (Å²) in [7, 11) is 1.73. The molecule has 1 unspecified atom stereocenters. The summed E-state index contributed by atoms with van der Waals surface area (Å²) < 4.78 is 12.6. The van der Waals surface area contributed by atoms with Crippen LogP contribution in [0.1, 0.15) is 32.7 Å². The lowest BCUT2D eigenvalue weighted by Crippen LogP contribution is -2.14. The molecule has 0 aliphatic rings. The maximum atomic E-state index is 5.30. The van der Waals surface area contributed by atoms with E-state index in [-0.39, 0.29) is 0 Å². The van der Waals surface area contributed by atoms with Crippen molar-refractivity contribution in [3.63, 3.8) is 0 Å². The number of nitrogens with zero attached hydrogens (tertiary/aromatic N) is 2. The van der Waals surface area contributed by atoms with Gasteiger partial charge in [-0.25, -0.2) is 4.98 Å². The molecular formula is C13H25N3O2. The standard InChI is InChI=1S/C13H25N3O2/c1-4-18-10-5-7-14-13-15-8-9-16(13)12(2)6-11-17-3/h8-9,12H,4-7,10-11H2,1-3H3,(H,14,15). The van der Waals surface area contributed by atoms with Crippen LogP contribution < -0.4 is 5.32 Å². The molecule has 1 heterocycles. The maximum absolute atomic E-state index is 5.30. The third-order valence-electron chi connectivity index (χ3n) is 2.84. The first-order valence-corrected chi connectivity index (χ1v) is 6.63. The van der Waals surface area contributed by atoms with Gasteiger partial charge in [0, 0.05) is 51.9 Å². The van der Waals surface area contributed by atoms with Crippen LogP contribution in [0.2, 0.25) is 0 Å². The molecule has 0 aliphatic carbocycles. The summed E-state index contributed by atoms with van der Waals surface area (Å²) in [5.41, 5.74) is 0. The number of anilines is 1. The maximum Gasteiger partial charge on any atom is 0.203 e. The van der Waals surface area contributed by atoms with E-state index in [2.05, 4.69) is 21.8 Å².